The number of carbonyl (C=O) groups is 2. The van der Waals surface area contributed by atoms with Gasteiger partial charge < -0.3 is 10.2 Å². The van der Waals surface area contributed by atoms with Crippen LogP contribution >= 0.6 is 11.3 Å². The van der Waals surface area contributed by atoms with Crippen LogP contribution in [-0.2, 0) is 22.6 Å². The van der Waals surface area contributed by atoms with Crippen LogP contribution < -0.4 is 5.32 Å². The van der Waals surface area contributed by atoms with Gasteiger partial charge in [-0.2, -0.15) is 0 Å². The number of hydrogen-bond acceptors (Lipinski definition) is 8. The molecule has 3 heterocycles. The van der Waals surface area contributed by atoms with E-state index in [-0.39, 0.29) is 11.7 Å². The highest BCUT2D eigenvalue weighted by molar-refractivity contribution is 7.18. The van der Waals surface area contributed by atoms with Crippen molar-refractivity contribution in [2.75, 3.05) is 31.5 Å². The molecule has 9 heteroatoms. The third-order valence-electron chi connectivity index (χ3n) is 5.97. The molecule has 0 unspecified atom stereocenters. The number of piperazine rings is 1. The molecule has 1 fully saturated rings. The van der Waals surface area contributed by atoms with Crippen LogP contribution in [0.15, 0.2) is 42.6 Å². The number of nitrogens with zero attached hydrogens (tertiary/aromatic N) is 5. The number of benzene rings is 2. The summed E-state index contributed by atoms with van der Waals surface area (Å²) in [6.07, 6.45) is 2.21. The highest BCUT2D eigenvalue weighted by Gasteiger charge is 2.20. The van der Waals surface area contributed by atoms with Gasteiger partial charge in [0.05, 0.1) is 11.2 Å². The number of hydrogen-bond donors (Lipinski definition) is 1. The Morgan fingerprint density at radius 2 is 1.85 bits per heavy atom. The van der Waals surface area contributed by atoms with E-state index in [0.717, 1.165) is 70.1 Å². The third kappa shape index (κ3) is 4.90. The van der Waals surface area contributed by atoms with E-state index in [9.17, 15) is 9.59 Å². The largest absolute Gasteiger partial charge is 0.340 e. The van der Waals surface area contributed by atoms with Gasteiger partial charge in [0.25, 0.3) is 0 Å². The van der Waals surface area contributed by atoms with Gasteiger partial charge in [-0.25, -0.2) is 15.0 Å². The maximum atomic E-state index is 11.6. The summed E-state index contributed by atoms with van der Waals surface area (Å²) >= 11 is 1.68. The number of ketones is 1. The number of carbonyl (C=O) groups excluding carboxylic acids is 2. The number of Topliss-reactive ketones (excluding diaryl/α,β-unsaturated/α-hetero) is 1. The maximum Gasteiger partial charge on any atom is 0.227 e. The molecule has 34 heavy (non-hydrogen) atoms. The summed E-state index contributed by atoms with van der Waals surface area (Å²) in [7, 11) is 0. The Labute approximate surface area is 201 Å². The van der Waals surface area contributed by atoms with E-state index < -0.39 is 0 Å². The lowest BCUT2D eigenvalue weighted by atomic mass is 10.1. The quantitative estimate of drug-likeness (QED) is 0.455. The van der Waals surface area contributed by atoms with Crippen LogP contribution in [-0.4, -0.2) is 62.6 Å². The fraction of sp³-hybridized carbons (Fsp3) is 0.320. The lowest BCUT2D eigenvalue weighted by molar-refractivity contribution is -0.130. The van der Waals surface area contributed by atoms with E-state index in [1.54, 1.807) is 25.2 Å². The van der Waals surface area contributed by atoms with E-state index in [1.165, 1.54) is 0 Å². The minimum absolute atomic E-state index is 0.126. The minimum Gasteiger partial charge on any atom is -0.340 e. The summed E-state index contributed by atoms with van der Waals surface area (Å²) in [5.41, 5.74) is 3.50. The van der Waals surface area contributed by atoms with Crippen LogP contribution in [0.5, 0.6) is 0 Å². The van der Waals surface area contributed by atoms with Crippen LogP contribution in [0.4, 0.5) is 11.6 Å². The topological polar surface area (TPSA) is 91.3 Å². The maximum absolute atomic E-state index is 11.6. The number of anilines is 2. The molecule has 1 amide bonds. The predicted molar refractivity (Wildman–Crippen MR) is 134 cm³/mol. The SMILES string of the molecule is CC(=O)Cc1cccc(Nc2ncc3ccc4sc(CN5CCN(C(C)=O)CC5)nc4c3n2)c1. The van der Waals surface area contributed by atoms with Gasteiger partial charge in [0, 0.05) is 56.8 Å². The zero-order chi connectivity index (χ0) is 23.7. The normalized spacial score (nSPS) is 14.6. The molecule has 5 rings (SSSR count). The number of amides is 1. The van der Waals surface area contributed by atoms with Crippen LogP contribution in [0.2, 0.25) is 0 Å². The second-order valence-electron chi connectivity index (χ2n) is 8.64. The zero-order valence-corrected chi connectivity index (χ0v) is 20.1. The molecule has 4 aromatic rings. The van der Waals surface area contributed by atoms with Crippen molar-refractivity contribution in [3.63, 3.8) is 0 Å². The summed E-state index contributed by atoms with van der Waals surface area (Å²) in [4.78, 5) is 41.4. The number of nitrogens with one attached hydrogen (secondary N) is 1. The lowest BCUT2D eigenvalue weighted by Crippen LogP contribution is -2.47. The van der Waals surface area contributed by atoms with Crippen molar-refractivity contribution < 1.29 is 9.59 Å². The van der Waals surface area contributed by atoms with Crippen LogP contribution in [0.3, 0.4) is 0 Å². The summed E-state index contributed by atoms with van der Waals surface area (Å²) in [5.74, 6) is 0.761. The van der Waals surface area contributed by atoms with E-state index in [4.69, 9.17) is 9.97 Å². The van der Waals surface area contributed by atoms with Gasteiger partial charge >= 0.3 is 0 Å². The average molecular weight is 475 g/mol. The molecule has 174 valence electrons. The Kier molecular flexibility index (Phi) is 6.21. The van der Waals surface area contributed by atoms with Crippen molar-refractivity contribution in [2.24, 2.45) is 0 Å². The predicted octanol–water partition coefficient (Wildman–Crippen LogP) is 3.78. The smallest absolute Gasteiger partial charge is 0.227 e. The molecule has 0 bridgehead atoms. The highest BCUT2D eigenvalue weighted by Crippen LogP contribution is 2.30. The Balaban J connectivity index is 1.37. The monoisotopic (exact) mass is 474 g/mol. The molecule has 1 aliphatic rings. The van der Waals surface area contributed by atoms with E-state index in [1.807, 2.05) is 41.4 Å². The summed E-state index contributed by atoms with van der Waals surface area (Å²) < 4.78 is 1.10. The third-order valence-corrected chi connectivity index (χ3v) is 6.97. The molecule has 8 nitrogen and oxygen atoms in total. The van der Waals surface area contributed by atoms with Gasteiger partial charge in [-0.15, -0.1) is 11.3 Å². The Morgan fingerprint density at radius 1 is 1.03 bits per heavy atom. The standard InChI is InChI=1S/C25H26N6O2S/c1-16(32)12-18-4-3-5-20(13-18)27-25-26-14-19-6-7-21-24(23(19)29-25)28-22(34-21)15-30-8-10-31(11-9-30)17(2)33/h3-7,13-14H,8-12,15H2,1-2H3,(H,26,27,29). The summed E-state index contributed by atoms with van der Waals surface area (Å²) in [6.45, 7) is 7.22. The summed E-state index contributed by atoms with van der Waals surface area (Å²) in [5, 5.41) is 5.25. The number of thiazole rings is 1. The van der Waals surface area contributed by atoms with E-state index in [2.05, 4.69) is 21.3 Å². The van der Waals surface area contributed by atoms with Crippen molar-refractivity contribution in [3.05, 3.63) is 53.2 Å². The van der Waals surface area contributed by atoms with Gasteiger partial charge in [0.1, 0.15) is 21.8 Å². The van der Waals surface area contributed by atoms with Crippen LogP contribution in [0.25, 0.3) is 21.1 Å². The van der Waals surface area contributed by atoms with Crippen molar-refractivity contribution >= 4 is 55.8 Å². The van der Waals surface area contributed by atoms with Crippen molar-refractivity contribution in [1.82, 2.24) is 24.8 Å². The second-order valence-corrected chi connectivity index (χ2v) is 9.75. The van der Waals surface area contributed by atoms with Crippen LogP contribution in [0.1, 0.15) is 24.4 Å². The van der Waals surface area contributed by atoms with E-state index in [0.29, 0.717) is 12.4 Å². The molecular formula is C25H26N6O2S. The molecule has 1 saturated heterocycles. The van der Waals surface area contributed by atoms with Crippen molar-refractivity contribution in [3.8, 4) is 0 Å². The minimum atomic E-state index is 0.126. The Bertz CT molecular complexity index is 1380. The first-order valence-corrected chi connectivity index (χ1v) is 12.1. The first kappa shape index (κ1) is 22.4. The first-order chi connectivity index (χ1) is 16.4. The van der Waals surface area contributed by atoms with Crippen molar-refractivity contribution in [1.29, 1.82) is 0 Å². The molecular weight excluding hydrogens is 448 g/mol. The fourth-order valence-electron chi connectivity index (χ4n) is 4.24. The molecule has 0 saturated carbocycles. The fourth-order valence-corrected chi connectivity index (χ4v) is 5.26. The van der Waals surface area contributed by atoms with Crippen LogP contribution in [0, 0.1) is 0 Å². The molecule has 0 atom stereocenters. The van der Waals surface area contributed by atoms with Gasteiger partial charge in [0.15, 0.2) is 0 Å². The first-order valence-electron chi connectivity index (χ1n) is 11.3. The molecule has 0 aliphatic carbocycles. The van der Waals surface area contributed by atoms with Gasteiger partial charge in [-0.05, 0) is 36.8 Å². The van der Waals surface area contributed by atoms with E-state index >= 15 is 0 Å². The lowest BCUT2D eigenvalue weighted by Gasteiger charge is -2.33. The van der Waals surface area contributed by atoms with Crippen molar-refractivity contribution in [2.45, 2.75) is 26.8 Å². The number of aromatic nitrogens is 3. The van der Waals surface area contributed by atoms with Gasteiger partial charge in [-0.1, -0.05) is 12.1 Å². The summed E-state index contributed by atoms with van der Waals surface area (Å²) in [6, 6.07) is 11.8. The van der Waals surface area contributed by atoms with Gasteiger partial charge in [-0.3, -0.25) is 14.5 Å². The Morgan fingerprint density at radius 3 is 2.62 bits per heavy atom. The highest BCUT2D eigenvalue weighted by atomic mass is 32.1. The molecule has 2 aromatic heterocycles. The Hall–Kier alpha value is -3.43. The molecule has 1 N–H and O–H groups in total. The van der Waals surface area contributed by atoms with Gasteiger partial charge in [0.2, 0.25) is 11.9 Å². The average Bonchev–Trinajstić information content (AvgIpc) is 3.22. The molecule has 0 radical (unpaired) electrons. The second kappa shape index (κ2) is 9.44. The zero-order valence-electron chi connectivity index (χ0n) is 19.2. The molecule has 1 aliphatic heterocycles. The molecule has 0 spiro atoms. The molecule has 2 aromatic carbocycles. The number of fused-ring (bicyclic) bond motifs is 3. The number of rotatable bonds is 6.